The van der Waals surface area contributed by atoms with E-state index in [-0.39, 0.29) is 24.2 Å². The molecule has 3 rings (SSSR count). The van der Waals surface area contributed by atoms with Gasteiger partial charge in [0.05, 0.1) is 5.34 Å². The van der Waals surface area contributed by atoms with Crippen molar-refractivity contribution in [2.24, 2.45) is 0 Å². The molecule has 7 nitrogen and oxygen atoms in total. The Morgan fingerprint density at radius 2 is 1.84 bits per heavy atom. The SMILES string of the molecule is CCNCCN(CC(=O)O)C(=O)c1csc(COc2ccc(-c3cc(F)c(F)cc3SC)cc2)n1.ClCCl. The normalized spacial score (nSPS) is 10.5. The van der Waals surface area contributed by atoms with Crippen molar-refractivity contribution in [1.29, 1.82) is 0 Å². The molecule has 3 aromatic rings. The Balaban J connectivity index is 0.00000161. The second-order valence-electron chi connectivity index (χ2n) is 7.48. The third-order valence-electron chi connectivity index (χ3n) is 4.96. The van der Waals surface area contributed by atoms with Gasteiger partial charge in [0.25, 0.3) is 5.91 Å². The van der Waals surface area contributed by atoms with Crippen LogP contribution in [-0.4, -0.2) is 64.6 Å². The number of rotatable bonds is 12. The summed E-state index contributed by atoms with van der Waals surface area (Å²) in [5, 5.41) is 14.5. The molecule has 1 heterocycles. The van der Waals surface area contributed by atoms with E-state index < -0.39 is 30.1 Å². The summed E-state index contributed by atoms with van der Waals surface area (Å²) in [5.74, 6) is -2.79. The van der Waals surface area contributed by atoms with Gasteiger partial charge in [0.15, 0.2) is 11.6 Å². The first-order valence-electron chi connectivity index (χ1n) is 11.3. The first-order valence-corrected chi connectivity index (χ1v) is 14.5. The zero-order valence-corrected chi connectivity index (χ0v) is 23.8. The zero-order chi connectivity index (χ0) is 28.1. The van der Waals surface area contributed by atoms with E-state index in [9.17, 15) is 18.4 Å². The number of carboxylic acid groups (broad SMARTS) is 1. The summed E-state index contributed by atoms with van der Waals surface area (Å²) >= 11 is 12.1. The summed E-state index contributed by atoms with van der Waals surface area (Å²) < 4.78 is 33.0. The van der Waals surface area contributed by atoms with E-state index in [1.54, 1.807) is 35.9 Å². The number of carboxylic acids is 1. The van der Waals surface area contributed by atoms with Crippen molar-refractivity contribution in [2.45, 2.75) is 18.4 Å². The molecule has 0 unspecified atom stereocenters. The molecular formula is C25H27Cl2F2N3O4S2. The molecule has 0 aliphatic rings. The van der Waals surface area contributed by atoms with E-state index in [0.29, 0.717) is 34.3 Å². The molecule has 0 atom stereocenters. The third kappa shape index (κ3) is 9.70. The topological polar surface area (TPSA) is 91.8 Å². The summed E-state index contributed by atoms with van der Waals surface area (Å²) in [5.41, 5.74) is 1.48. The summed E-state index contributed by atoms with van der Waals surface area (Å²) in [6.07, 6.45) is 1.80. The number of benzene rings is 2. The number of ether oxygens (including phenoxy) is 1. The lowest BCUT2D eigenvalue weighted by atomic mass is 10.1. The fourth-order valence-corrected chi connectivity index (χ4v) is 4.54. The molecule has 0 spiro atoms. The van der Waals surface area contributed by atoms with Crippen molar-refractivity contribution >= 4 is 58.2 Å². The fraction of sp³-hybridized carbons (Fsp3) is 0.320. The highest BCUT2D eigenvalue weighted by Gasteiger charge is 2.21. The van der Waals surface area contributed by atoms with Gasteiger partial charge in [-0.15, -0.1) is 46.3 Å². The molecule has 2 aromatic carbocycles. The van der Waals surface area contributed by atoms with Crippen molar-refractivity contribution in [3.8, 4) is 16.9 Å². The van der Waals surface area contributed by atoms with E-state index in [1.807, 2.05) is 6.92 Å². The number of aliphatic carboxylic acids is 1. The van der Waals surface area contributed by atoms with Crippen LogP contribution in [0.2, 0.25) is 0 Å². The number of alkyl halides is 2. The highest BCUT2D eigenvalue weighted by molar-refractivity contribution is 7.98. The Hall–Kier alpha value is -2.44. The number of likely N-dealkylation sites (N-methyl/N-ethyl adjacent to an activating group) is 1. The van der Waals surface area contributed by atoms with Crippen LogP contribution in [-0.2, 0) is 11.4 Å². The molecule has 1 amide bonds. The number of aromatic nitrogens is 1. The maximum absolute atomic E-state index is 13.7. The minimum absolute atomic E-state index is 0.120. The maximum atomic E-state index is 13.7. The van der Waals surface area contributed by atoms with Crippen molar-refractivity contribution in [2.75, 3.05) is 37.8 Å². The Morgan fingerprint density at radius 3 is 2.45 bits per heavy atom. The quantitative estimate of drug-likeness (QED) is 0.150. The van der Waals surface area contributed by atoms with E-state index in [1.165, 1.54) is 40.1 Å². The molecule has 0 saturated carbocycles. The van der Waals surface area contributed by atoms with Gasteiger partial charge in [0.1, 0.15) is 29.6 Å². The minimum Gasteiger partial charge on any atom is -0.486 e. The largest absolute Gasteiger partial charge is 0.486 e. The average molecular weight is 607 g/mol. The lowest BCUT2D eigenvalue weighted by Crippen LogP contribution is -2.40. The number of carbonyl (C=O) groups is 2. The summed E-state index contributed by atoms with van der Waals surface area (Å²) in [6, 6.07) is 9.31. The van der Waals surface area contributed by atoms with Crippen molar-refractivity contribution < 1.29 is 28.2 Å². The van der Waals surface area contributed by atoms with Crippen LogP contribution >= 0.6 is 46.3 Å². The van der Waals surface area contributed by atoms with Crippen LogP contribution in [0.3, 0.4) is 0 Å². The molecule has 0 bridgehead atoms. The maximum Gasteiger partial charge on any atom is 0.323 e. The Kier molecular flexibility index (Phi) is 13.8. The van der Waals surface area contributed by atoms with Gasteiger partial charge in [-0.2, -0.15) is 0 Å². The fourth-order valence-electron chi connectivity index (χ4n) is 3.24. The number of halogens is 4. The summed E-state index contributed by atoms with van der Waals surface area (Å²) in [6.45, 7) is 3.09. The van der Waals surface area contributed by atoms with Crippen LogP contribution in [0.1, 0.15) is 22.4 Å². The number of nitrogens with zero attached hydrogens (tertiary/aromatic N) is 2. The van der Waals surface area contributed by atoms with Gasteiger partial charge < -0.3 is 20.1 Å². The second-order valence-corrected chi connectivity index (χ2v) is 10.1. The van der Waals surface area contributed by atoms with Gasteiger partial charge >= 0.3 is 5.97 Å². The van der Waals surface area contributed by atoms with Crippen molar-refractivity contribution in [3.63, 3.8) is 0 Å². The van der Waals surface area contributed by atoms with E-state index in [2.05, 4.69) is 10.3 Å². The highest BCUT2D eigenvalue weighted by Crippen LogP contribution is 2.33. The molecule has 13 heteroatoms. The lowest BCUT2D eigenvalue weighted by Gasteiger charge is -2.19. The van der Waals surface area contributed by atoms with Crippen LogP contribution < -0.4 is 10.1 Å². The van der Waals surface area contributed by atoms with Crippen LogP contribution in [0.25, 0.3) is 11.1 Å². The standard InChI is InChI=1S/C24H25F2N3O4S2.CH2Cl2/c1-3-27-8-9-29(12-23(30)31)24(32)20-14-35-22(28-20)13-33-16-6-4-15(5-7-16)17-10-18(25)19(26)11-21(17)34-2;2-1-3/h4-7,10-11,14,27H,3,8-9,12-13H2,1-2H3,(H,30,31);1H2. The van der Waals surface area contributed by atoms with Crippen LogP contribution in [0.4, 0.5) is 8.78 Å². The molecule has 0 aliphatic heterocycles. The average Bonchev–Trinajstić information content (AvgIpc) is 3.37. The molecule has 2 N–H and O–H groups in total. The van der Waals surface area contributed by atoms with Crippen molar-refractivity contribution in [3.05, 3.63) is 64.1 Å². The monoisotopic (exact) mass is 605 g/mol. The second kappa shape index (κ2) is 16.5. The Labute approximate surface area is 238 Å². The number of amides is 1. The van der Waals surface area contributed by atoms with Gasteiger partial charge in [-0.1, -0.05) is 19.1 Å². The van der Waals surface area contributed by atoms with Gasteiger partial charge in [-0.05, 0) is 48.2 Å². The van der Waals surface area contributed by atoms with E-state index >= 15 is 0 Å². The molecule has 206 valence electrons. The van der Waals surface area contributed by atoms with E-state index in [0.717, 1.165) is 5.56 Å². The number of thioether (sulfide) groups is 1. The number of nitrogens with one attached hydrogen (secondary N) is 1. The summed E-state index contributed by atoms with van der Waals surface area (Å²) in [4.78, 5) is 30.0. The van der Waals surface area contributed by atoms with Crippen LogP contribution in [0.15, 0.2) is 46.7 Å². The smallest absolute Gasteiger partial charge is 0.323 e. The number of hydrogen-bond donors (Lipinski definition) is 2. The number of hydrogen-bond acceptors (Lipinski definition) is 7. The first-order chi connectivity index (χ1) is 18.2. The van der Waals surface area contributed by atoms with Crippen molar-refractivity contribution in [1.82, 2.24) is 15.2 Å². The van der Waals surface area contributed by atoms with E-state index in [4.69, 9.17) is 33.0 Å². The lowest BCUT2D eigenvalue weighted by molar-refractivity contribution is -0.137. The number of thiazole rings is 1. The Bertz CT molecular complexity index is 1200. The molecule has 1 aromatic heterocycles. The van der Waals surface area contributed by atoms with Gasteiger partial charge in [0.2, 0.25) is 0 Å². The third-order valence-corrected chi connectivity index (χ3v) is 6.56. The molecular weight excluding hydrogens is 579 g/mol. The molecule has 0 radical (unpaired) electrons. The zero-order valence-electron chi connectivity index (χ0n) is 20.7. The Morgan fingerprint density at radius 1 is 1.18 bits per heavy atom. The first kappa shape index (κ1) is 31.8. The molecule has 38 heavy (non-hydrogen) atoms. The summed E-state index contributed by atoms with van der Waals surface area (Å²) in [7, 11) is 0. The van der Waals surface area contributed by atoms with Crippen LogP contribution in [0.5, 0.6) is 5.75 Å². The highest BCUT2D eigenvalue weighted by atomic mass is 35.5. The minimum atomic E-state index is -1.09. The predicted molar refractivity (Wildman–Crippen MR) is 149 cm³/mol. The molecule has 0 aliphatic carbocycles. The van der Waals surface area contributed by atoms with Gasteiger partial charge in [-0.3, -0.25) is 9.59 Å². The van der Waals surface area contributed by atoms with Gasteiger partial charge in [-0.25, -0.2) is 13.8 Å². The van der Waals surface area contributed by atoms with Gasteiger partial charge in [0, 0.05) is 23.4 Å². The molecule has 0 fully saturated rings. The number of carbonyl (C=O) groups excluding carboxylic acids is 1. The van der Waals surface area contributed by atoms with Crippen LogP contribution in [0, 0.1) is 11.6 Å². The predicted octanol–water partition coefficient (Wildman–Crippen LogP) is 5.95. The molecule has 0 saturated heterocycles.